The highest BCUT2D eigenvalue weighted by Crippen LogP contribution is 2.42. The van der Waals surface area contributed by atoms with Crippen molar-refractivity contribution < 1.29 is 17.9 Å². The number of nitrogens with zero attached hydrogens (tertiary/aromatic N) is 1. The van der Waals surface area contributed by atoms with Gasteiger partial charge in [0.05, 0.1) is 11.5 Å². The van der Waals surface area contributed by atoms with Crippen molar-refractivity contribution in [2.24, 2.45) is 0 Å². The molecule has 0 aromatic heterocycles. The summed E-state index contributed by atoms with van der Waals surface area (Å²) in [5.41, 5.74) is 2.54. The van der Waals surface area contributed by atoms with Crippen molar-refractivity contribution in [2.45, 2.75) is 23.3 Å². The maximum atomic E-state index is 11.7. The summed E-state index contributed by atoms with van der Waals surface area (Å²) >= 11 is 0. The van der Waals surface area contributed by atoms with Gasteiger partial charge in [0, 0.05) is 25.9 Å². The lowest BCUT2D eigenvalue weighted by Crippen LogP contribution is -2.49. The minimum atomic E-state index is -3.22. The monoisotopic (exact) mass is 387 g/mol. The Hall–Kier alpha value is -1.89. The molecule has 1 heterocycles. The average molecular weight is 388 g/mol. The van der Waals surface area contributed by atoms with E-state index in [0.717, 1.165) is 39.1 Å². The van der Waals surface area contributed by atoms with E-state index < -0.39 is 9.84 Å². The Morgan fingerprint density at radius 3 is 2.89 bits per heavy atom. The van der Waals surface area contributed by atoms with Gasteiger partial charge in [0.1, 0.15) is 18.0 Å². The van der Waals surface area contributed by atoms with Gasteiger partial charge in [0.15, 0.2) is 9.84 Å². The van der Waals surface area contributed by atoms with Crippen LogP contribution in [-0.4, -0.2) is 52.4 Å². The molecule has 144 valence electrons. The fourth-order valence-corrected chi connectivity index (χ4v) is 4.76. The molecule has 1 aliphatic carbocycles. The molecule has 1 atom stereocenters. The molecule has 0 N–H and O–H groups in total. The van der Waals surface area contributed by atoms with Gasteiger partial charge < -0.3 is 9.47 Å². The highest BCUT2D eigenvalue weighted by Gasteiger charge is 2.43. The van der Waals surface area contributed by atoms with Gasteiger partial charge in [-0.3, -0.25) is 4.90 Å². The zero-order valence-corrected chi connectivity index (χ0v) is 16.4. The second kappa shape index (κ2) is 7.26. The fraction of sp³-hybridized carbons (Fsp3) is 0.429. The first-order chi connectivity index (χ1) is 13.0. The van der Waals surface area contributed by atoms with Crippen LogP contribution in [0.5, 0.6) is 5.75 Å². The third-order valence-corrected chi connectivity index (χ3v) is 6.59. The van der Waals surface area contributed by atoms with Gasteiger partial charge in [-0.25, -0.2) is 8.42 Å². The lowest BCUT2D eigenvalue weighted by molar-refractivity contribution is -0.114. The smallest absolute Gasteiger partial charge is 0.175 e. The Balaban J connectivity index is 1.37. The molecule has 1 spiro atoms. The van der Waals surface area contributed by atoms with Gasteiger partial charge in [0.25, 0.3) is 0 Å². The van der Waals surface area contributed by atoms with Gasteiger partial charge in [-0.1, -0.05) is 30.3 Å². The molecule has 0 amide bonds. The van der Waals surface area contributed by atoms with Gasteiger partial charge in [-0.2, -0.15) is 0 Å². The van der Waals surface area contributed by atoms with Crippen LogP contribution in [0.3, 0.4) is 0 Å². The van der Waals surface area contributed by atoms with Crippen molar-refractivity contribution in [3.63, 3.8) is 0 Å². The van der Waals surface area contributed by atoms with Crippen molar-refractivity contribution in [2.75, 3.05) is 39.1 Å². The van der Waals surface area contributed by atoms with Crippen LogP contribution in [0.1, 0.15) is 17.5 Å². The average Bonchev–Trinajstić information content (AvgIpc) is 3.00. The van der Waals surface area contributed by atoms with Crippen LogP contribution in [0.15, 0.2) is 53.4 Å². The Kier molecular flexibility index (Phi) is 4.97. The molecule has 6 heteroatoms. The molecule has 0 saturated carbocycles. The van der Waals surface area contributed by atoms with Crippen LogP contribution in [0.25, 0.3) is 0 Å². The number of hydrogen-bond acceptors (Lipinski definition) is 5. The molecule has 27 heavy (non-hydrogen) atoms. The number of fused-ring (bicyclic) bond motifs is 2. The first-order valence-electron chi connectivity index (χ1n) is 9.34. The number of ether oxygens (including phenoxy) is 2. The third-order valence-electron chi connectivity index (χ3n) is 5.48. The van der Waals surface area contributed by atoms with Crippen LogP contribution in [0, 0.1) is 0 Å². The summed E-state index contributed by atoms with van der Waals surface area (Å²) in [5.74, 6) is 0.590. The molecule has 5 nitrogen and oxygen atoms in total. The third kappa shape index (κ3) is 3.88. The molecule has 1 saturated heterocycles. The van der Waals surface area contributed by atoms with E-state index in [4.69, 9.17) is 9.47 Å². The first-order valence-corrected chi connectivity index (χ1v) is 11.2. The van der Waals surface area contributed by atoms with Crippen molar-refractivity contribution in [3.05, 3.63) is 59.7 Å². The summed E-state index contributed by atoms with van der Waals surface area (Å²) in [6, 6.07) is 15.3. The summed E-state index contributed by atoms with van der Waals surface area (Å²) in [6.07, 6.45) is 3.30. The Morgan fingerprint density at radius 2 is 2.04 bits per heavy atom. The summed E-state index contributed by atoms with van der Waals surface area (Å²) in [5, 5.41) is 0. The number of sulfone groups is 1. The maximum absolute atomic E-state index is 11.7. The molecule has 2 aliphatic rings. The van der Waals surface area contributed by atoms with E-state index in [0.29, 0.717) is 12.4 Å². The minimum absolute atomic E-state index is 0.189. The summed E-state index contributed by atoms with van der Waals surface area (Å²) in [4.78, 5) is 2.67. The van der Waals surface area contributed by atoms with E-state index >= 15 is 0 Å². The van der Waals surface area contributed by atoms with E-state index in [9.17, 15) is 8.42 Å². The standard InChI is InChI=1S/C21H25NO4S/c1-27(23,24)19-7-4-6-18(15-19)25-13-11-22-12-14-26-21(16-22)10-9-17-5-2-3-8-20(17)21/h2-8,15H,9-14,16H2,1H3/t21-/m0/s1. The second-order valence-corrected chi connectivity index (χ2v) is 9.39. The molecular weight excluding hydrogens is 362 g/mol. The van der Waals surface area contributed by atoms with E-state index in [2.05, 4.69) is 29.2 Å². The number of hydrogen-bond donors (Lipinski definition) is 0. The maximum Gasteiger partial charge on any atom is 0.175 e. The molecule has 1 fully saturated rings. The SMILES string of the molecule is CS(=O)(=O)c1cccc(OCCN2CCO[C@@]3(CCc4ccccc43)C2)c1. The molecule has 0 unspecified atom stereocenters. The predicted octanol–water partition coefficient (Wildman–Crippen LogP) is 2.64. The van der Waals surface area contributed by atoms with E-state index in [1.165, 1.54) is 17.4 Å². The topological polar surface area (TPSA) is 55.8 Å². The fourth-order valence-electron chi connectivity index (χ4n) is 4.10. The largest absolute Gasteiger partial charge is 0.492 e. The Morgan fingerprint density at radius 1 is 1.19 bits per heavy atom. The molecule has 2 aromatic carbocycles. The van der Waals surface area contributed by atoms with E-state index in [-0.39, 0.29) is 10.5 Å². The first kappa shape index (κ1) is 18.5. The Bertz CT molecular complexity index is 923. The highest BCUT2D eigenvalue weighted by atomic mass is 32.2. The van der Waals surface area contributed by atoms with Crippen LogP contribution >= 0.6 is 0 Å². The van der Waals surface area contributed by atoms with Crippen LogP contribution < -0.4 is 4.74 Å². The van der Waals surface area contributed by atoms with Gasteiger partial charge in [-0.05, 0) is 42.2 Å². The number of benzene rings is 2. The summed E-state index contributed by atoms with van der Waals surface area (Å²) in [6.45, 7) is 3.78. The zero-order valence-electron chi connectivity index (χ0n) is 15.6. The molecule has 2 aromatic rings. The lowest BCUT2D eigenvalue weighted by atomic mass is 9.93. The van der Waals surface area contributed by atoms with Gasteiger partial charge in [0.2, 0.25) is 0 Å². The van der Waals surface area contributed by atoms with Crippen LogP contribution in [0.4, 0.5) is 0 Å². The zero-order chi connectivity index (χ0) is 18.9. The number of aryl methyl sites for hydroxylation is 1. The minimum Gasteiger partial charge on any atom is -0.492 e. The summed E-state index contributed by atoms with van der Waals surface area (Å²) in [7, 11) is -3.22. The van der Waals surface area contributed by atoms with E-state index in [1.807, 2.05) is 0 Å². The number of morpholine rings is 1. The highest BCUT2D eigenvalue weighted by molar-refractivity contribution is 7.90. The Labute approximate surface area is 160 Å². The molecule has 0 bridgehead atoms. The molecule has 4 rings (SSSR count). The van der Waals surface area contributed by atoms with Crippen molar-refractivity contribution in [3.8, 4) is 5.75 Å². The second-order valence-electron chi connectivity index (χ2n) is 7.37. The van der Waals surface area contributed by atoms with Gasteiger partial charge in [-0.15, -0.1) is 0 Å². The molecule has 1 aliphatic heterocycles. The van der Waals surface area contributed by atoms with Crippen molar-refractivity contribution >= 4 is 9.84 Å². The number of rotatable bonds is 5. The molecule has 0 radical (unpaired) electrons. The van der Waals surface area contributed by atoms with Crippen LogP contribution in [0.2, 0.25) is 0 Å². The van der Waals surface area contributed by atoms with Crippen molar-refractivity contribution in [1.82, 2.24) is 4.90 Å². The van der Waals surface area contributed by atoms with Crippen LogP contribution in [-0.2, 0) is 26.6 Å². The normalized spacial score (nSPS) is 22.7. The predicted molar refractivity (Wildman–Crippen MR) is 104 cm³/mol. The lowest BCUT2D eigenvalue weighted by Gasteiger charge is -2.41. The summed E-state index contributed by atoms with van der Waals surface area (Å²) < 4.78 is 35.4. The quantitative estimate of drug-likeness (QED) is 0.789. The van der Waals surface area contributed by atoms with Crippen molar-refractivity contribution in [1.29, 1.82) is 0 Å². The van der Waals surface area contributed by atoms with Gasteiger partial charge >= 0.3 is 0 Å². The molecular formula is C21H25NO4S. The van der Waals surface area contributed by atoms with E-state index in [1.54, 1.807) is 24.3 Å².